The van der Waals surface area contributed by atoms with Crippen molar-refractivity contribution in [3.8, 4) is 11.3 Å². The number of H-pyrrole nitrogens is 2. The zero-order valence-corrected chi connectivity index (χ0v) is 17.6. The van der Waals surface area contributed by atoms with Crippen molar-refractivity contribution in [3.63, 3.8) is 0 Å². The van der Waals surface area contributed by atoms with Crippen LogP contribution in [0.15, 0.2) is 91.1 Å². The summed E-state index contributed by atoms with van der Waals surface area (Å²) in [7, 11) is 0. The minimum absolute atomic E-state index is 0.0653. The van der Waals surface area contributed by atoms with E-state index in [1.54, 1.807) is 0 Å². The van der Waals surface area contributed by atoms with Crippen LogP contribution in [-0.2, 0) is 13.0 Å². The van der Waals surface area contributed by atoms with Crippen molar-refractivity contribution in [1.29, 1.82) is 0 Å². The fourth-order valence-corrected chi connectivity index (χ4v) is 4.15. The van der Waals surface area contributed by atoms with Gasteiger partial charge < -0.3 is 15.3 Å². The molecule has 4 nitrogen and oxygen atoms in total. The number of fused-ring (bicyclic) bond motifs is 1. The van der Waals surface area contributed by atoms with Gasteiger partial charge in [0.15, 0.2) is 0 Å². The summed E-state index contributed by atoms with van der Waals surface area (Å²) in [5, 5.41) is 5.00. The van der Waals surface area contributed by atoms with Crippen LogP contribution in [0.25, 0.3) is 22.2 Å². The Balaban J connectivity index is 1.47. The highest BCUT2D eigenvalue weighted by Gasteiger charge is 2.20. The van der Waals surface area contributed by atoms with Crippen molar-refractivity contribution in [3.05, 3.63) is 114 Å². The molecule has 5 rings (SSSR count). The third-order valence-electron chi connectivity index (χ3n) is 5.77. The minimum Gasteiger partial charge on any atom is -0.361 e. The van der Waals surface area contributed by atoms with Gasteiger partial charge in [0, 0.05) is 34.9 Å². The van der Waals surface area contributed by atoms with Crippen LogP contribution in [-0.4, -0.2) is 15.0 Å². The molecule has 3 aromatic carbocycles. The van der Waals surface area contributed by atoms with Crippen LogP contribution in [0.1, 0.15) is 28.7 Å². The lowest BCUT2D eigenvalue weighted by Crippen LogP contribution is -2.24. The number of nitrogens with zero attached hydrogens (tertiary/aromatic N) is 1. The smallest absolute Gasteiger partial charge is 0.124 e. The van der Waals surface area contributed by atoms with Gasteiger partial charge in [0.25, 0.3) is 0 Å². The van der Waals surface area contributed by atoms with E-state index in [0.29, 0.717) is 0 Å². The summed E-state index contributed by atoms with van der Waals surface area (Å²) < 4.78 is 0. The molecule has 2 heterocycles. The molecule has 2 aromatic heterocycles. The van der Waals surface area contributed by atoms with E-state index in [1.807, 2.05) is 6.07 Å². The molecule has 0 radical (unpaired) electrons. The average Bonchev–Trinajstić information content (AvgIpc) is 3.41. The number of benzene rings is 3. The number of aryl methyl sites for hydroxylation is 1. The summed E-state index contributed by atoms with van der Waals surface area (Å²) in [5.41, 5.74) is 6.96. The van der Waals surface area contributed by atoms with Gasteiger partial charge in [-0.3, -0.25) is 0 Å². The van der Waals surface area contributed by atoms with E-state index in [9.17, 15) is 0 Å². The Morgan fingerprint density at radius 2 is 1.58 bits per heavy atom. The standard InChI is InChI=1S/C27H26N4/c1-19-26(21-12-6-3-7-13-21)31-27(30-19)25(28-17-20-10-4-2-5-11-20)16-22-18-29-24-15-9-8-14-23(22)24/h2-15,18,25,28-29H,16-17H2,1H3,(H,30,31)/t25-/m1/s1. The summed E-state index contributed by atoms with van der Waals surface area (Å²) in [6.07, 6.45) is 2.97. The number of aromatic amines is 2. The van der Waals surface area contributed by atoms with Crippen LogP contribution in [0.5, 0.6) is 0 Å². The molecule has 0 amide bonds. The Kier molecular flexibility index (Phi) is 5.38. The van der Waals surface area contributed by atoms with Crippen molar-refractivity contribution in [2.45, 2.75) is 25.9 Å². The van der Waals surface area contributed by atoms with E-state index in [1.165, 1.54) is 22.0 Å². The van der Waals surface area contributed by atoms with Crippen molar-refractivity contribution in [2.24, 2.45) is 0 Å². The second-order valence-corrected chi connectivity index (χ2v) is 7.94. The Morgan fingerprint density at radius 1 is 0.871 bits per heavy atom. The highest BCUT2D eigenvalue weighted by Crippen LogP contribution is 2.27. The van der Waals surface area contributed by atoms with Crippen molar-refractivity contribution in [1.82, 2.24) is 20.3 Å². The Hall–Kier alpha value is -3.63. The average molecular weight is 407 g/mol. The topological polar surface area (TPSA) is 56.5 Å². The molecule has 0 aliphatic rings. The molecule has 1 atom stereocenters. The van der Waals surface area contributed by atoms with E-state index < -0.39 is 0 Å². The minimum atomic E-state index is 0.0653. The number of aromatic nitrogens is 3. The molecule has 0 aliphatic heterocycles. The van der Waals surface area contributed by atoms with Gasteiger partial charge in [0.2, 0.25) is 0 Å². The number of hydrogen-bond acceptors (Lipinski definition) is 2. The second-order valence-electron chi connectivity index (χ2n) is 7.94. The van der Waals surface area contributed by atoms with E-state index >= 15 is 0 Å². The van der Waals surface area contributed by atoms with Gasteiger partial charge in [-0.05, 0) is 30.5 Å². The van der Waals surface area contributed by atoms with Crippen LogP contribution < -0.4 is 5.32 Å². The molecule has 0 unspecified atom stereocenters. The first-order valence-corrected chi connectivity index (χ1v) is 10.7. The molecule has 0 aliphatic carbocycles. The molecule has 0 fully saturated rings. The number of para-hydroxylation sites is 1. The summed E-state index contributed by atoms with van der Waals surface area (Å²) >= 11 is 0. The number of nitrogens with one attached hydrogen (secondary N) is 3. The molecule has 0 spiro atoms. The third kappa shape index (κ3) is 4.16. The zero-order valence-electron chi connectivity index (χ0n) is 17.6. The van der Waals surface area contributed by atoms with Gasteiger partial charge in [-0.25, -0.2) is 4.98 Å². The Labute approximate surface area is 182 Å². The van der Waals surface area contributed by atoms with Crippen LogP contribution >= 0.6 is 0 Å². The third-order valence-corrected chi connectivity index (χ3v) is 5.77. The van der Waals surface area contributed by atoms with Gasteiger partial charge >= 0.3 is 0 Å². The van der Waals surface area contributed by atoms with Gasteiger partial charge in [-0.2, -0.15) is 0 Å². The molecule has 31 heavy (non-hydrogen) atoms. The number of imidazole rings is 1. The van der Waals surface area contributed by atoms with Crippen molar-refractivity contribution in [2.75, 3.05) is 0 Å². The van der Waals surface area contributed by atoms with Crippen LogP contribution in [0.3, 0.4) is 0 Å². The summed E-state index contributed by atoms with van der Waals surface area (Å²) in [4.78, 5) is 12.0. The molecule has 154 valence electrons. The highest BCUT2D eigenvalue weighted by atomic mass is 15.0. The quantitative estimate of drug-likeness (QED) is 0.313. The maximum absolute atomic E-state index is 5.02. The largest absolute Gasteiger partial charge is 0.361 e. The lowest BCUT2D eigenvalue weighted by atomic mass is 10.0. The van der Waals surface area contributed by atoms with E-state index in [2.05, 4.69) is 107 Å². The van der Waals surface area contributed by atoms with Gasteiger partial charge in [-0.15, -0.1) is 0 Å². The lowest BCUT2D eigenvalue weighted by Gasteiger charge is -2.17. The molecular weight excluding hydrogens is 380 g/mol. The second kappa shape index (κ2) is 8.62. The first-order valence-electron chi connectivity index (χ1n) is 10.7. The first-order chi connectivity index (χ1) is 15.3. The van der Waals surface area contributed by atoms with Gasteiger partial charge in [0.05, 0.1) is 11.7 Å². The normalized spacial score (nSPS) is 12.3. The molecule has 3 N–H and O–H groups in total. The highest BCUT2D eigenvalue weighted by molar-refractivity contribution is 5.83. The van der Waals surface area contributed by atoms with Crippen LogP contribution in [0, 0.1) is 6.92 Å². The Morgan fingerprint density at radius 3 is 2.39 bits per heavy atom. The van der Waals surface area contributed by atoms with E-state index in [-0.39, 0.29) is 6.04 Å². The summed E-state index contributed by atoms with van der Waals surface area (Å²) in [5.74, 6) is 0.970. The predicted molar refractivity (Wildman–Crippen MR) is 127 cm³/mol. The molecule has 0 saturated heterocycles. The summed E-state index contributed by atoms with van der Waals surface area (Å²) in [6, 6.07) is 29.4. The monoisotopic (exact) mass is 406 g/mol. The van der Waals surface area contributed by atoms with Crippen molar-refractivity contribution >= 4 is 10.9 Å². The number of hydrogen-bond donors (Lipinski definition) is 3. The van der Waals surface area contributed by atoms with E-state index in [0.717, 1.165) is 35.7 Å². The van der Waals surface area contributed by atoms with E-state index in [4.69, 9.17) is 4.98 Å². The molecule has 0 saturated carbocycles. The predicted octanol–water partition coefficient (Wildman–Crippen LogP) is 5.94. The fourth-order valence-electron chi connectivity index (χ4n) is 4.15. The molecular formula is C27H26N4. The SMILES string of the molecule is Cc1[nH]c([C@@H](Cc2c[nH]c3ccccc23)NCc2ccccc2)nc1-c1ccccc1. The molecule has 0 bridgehead atoms. The fraction of sp³-hybridized carbons (Fsp3) is 0.148. The maximum Gasteiger partial charge on any atom is 0.124 e. The first kappa shape index (κ1) is 19.3. The summed E-state index contributed by atoms with van der Waals surface area (Å²) in [6.45, 7) is 2.88. The maximum atomic E-state index is 5.02. The van der Waals surface area contributed by atoms with Crippen LogP contribution in [0.4, 0.5) is 0 Å². The number of rotatable bonds is 7. The van der Waals surface area contributed by atoms with Gasteiger partial charge in [-0.1, -0.05) is 78.9 Å². The van der Waals surface area contributed by atoms with Gasteiger partial charge in [0.1, 0.15) is 5.82 Å². The molecule has 4 heteroatoms. The van der Waals surface area contributed by atoms with Crippen molar-refractivity contribution < 1.29 is 0 Å². The molecule has 5 aromatic rings. The lowest BCUT2D eigenvalue weighted by molar-refractivity contribution is 0.509. The zero-order chi connectivity index (χ0) is 21.0. The Bertz CT molecular complexity index is 1270. The van der Waals surface area contributed by atoms with Crippen LogP contribution in [0.2, 0.25) is 0 Å².